The lowest BCUT2D eigenvalue weighted by Gasteiger charge is -2.44. The molecule has 3 aliphatic rings. The molecule has 226 valence electrons. The van der Waals surface area contributed by atoms with Gasteiger partial charge in [0, 0.05) is 24.2 Å². The second-order valence-electron chi connectivity index (χ2n) is 11.2. The third kappa shape index (κ3) is 5.23. The number of fused-ring (bicyclic) bond motifs is 2. The van der Waals surface area contributed by atoms with Gasteiger partial charge in [-0.1, -0.05) is 30.4 Å². The van der Waals surface area contributed by atoms with E-state index in [9.17, 15) is 4.79 Å². The number of amides is 1. The number of rotatable bonds is 8. The van der Waals surface area contributed by atoms with Gasteiger partial charge >= 0.3 is 0 Å². The highest BCUT2D eigenvalue weighted by molar-refractivity contribution is 7.17. The Bertz CT molecular complexity index is 1740. The first kappa shape index (κ1) is 28.2. The number of carbonyl (C=O) groups is 1. The fourth-order valence-electron chi connectivity index (χ4n) is 6.45. The van der Waals surface area contributed by atoms with Crippen molar-refractivity contribution in [3.63, 3.8) is 0 Å². The number of hydrogen-bond acceptors (Lipinski definition) is 9. The number of hydrazine groups is 1. The number of nitrogens with one attached hydrogen (secondary N) is 1. The molecule has 2 aromatic carbocycles. The predicted molar refractivity (Wildman–Crippen MR) is 172 cm³/mol. The highest BCUT2D eigenvalue weighted by atomic mass is 32.1. The number of allylic oxidation sites excluding steroid dienone is 2. The molecule has 10 heteroatoms. The van der Waals surface area contributed by atoms with Crippen LogP contribution in [0.5, 0.6) is 17.2 Å². The topological polar surface area (TPSA) is 89.1 Å². The van der Waals surface area contributed by atoms with Crippen molar-refractivity contribution in [1.29, 1.82) is 0 Å². The number of aromatic nitrogens is 2. The van der Waals surface area contributed by atoms with Crippen molar-refractivity contribution in [1.82, 2.24) is 20.4 Å². The summed E-state index contributed by atoms with van der Waals surface area (Å²) in [5.74, 6) is 3.01. The van der Waals surface area contributed by atoms with Crippen LogP contribution in [0.25, 0.3) is 15.9 Å². The largest absolute Gasteiger partial charge is 0.496 e. The first-order valence-electron chi connectivity index (χ1n) is 15.0. The molecule has 0 bridgehead atoms. The van der Waals surface area contributed by atoms with Crippen LogP contribution in [0.1, 0.15) is 36.8 Å². The Hall–Kier alpha value is -4.57. The minimum atomic E-state index is -0.179. The smallest absolute Gasteiger partial charge is 0.248 e. The lowest BCUT2D eigenvalue weighted by molar-refractivity contribution is -0.140. The monoisotopic (exact) mass is 609 g/mol. The highest BCUT2D eigenvalue weighted by Crippen LogP contribution is 2.40. The van der Waals surface area contributed by atoms with Gasteiger partial charge < -0.3 is 19.1 Å². The van der Waals surface area contributed by atoms with Gasteiger partial charge in [0.2, 0.25) is 5.91 Å². The van der Waals surface area contributed by atoms with Crippen LogP contribution in [0.4, 0.5) is 5.82 Å². The highest BCUT2D eigenvalue weighted by Gasteiger charge is 2.40. The molecule has 44 heavy (non-hydrogen) atoms. The number of piperidine rings is 1. The standard InChI is InChI=1S/C34H35N5O4S/c1-41-28-10-6-3-7-23(28)20-43-30-19-22(11-12-29(30)42-2)31-25-8-4-5-9-26(25)34(40)39(37-31)24-13-16-38(17-14-24)33-32-27(15-18-44-32)35-21-36-33/h3-7,10-12,15,18-19,21,24,26,37H,8-9,13-14,16-17,20H2,1-2H3/t26-/m1/s1. The second kappa shape index (κ2) is 12.2. The molecule has 2 aromatic heterocycles. The molecule has 0 saturated carbocycles. The number of ether oxygens (including phenoxy) is 3. The molecular formula is C34H35N5O4S. The molecule has 7 rings (SSSR count). The molecule has 1 fully saturated rings. The summed E-state index contributed by atoms with van der Waals surface area (Å²) in [6.07, 6.45) is 9.06. The van der Waals surface area contributed by atoms with Gasteiger partial charge in [0.25, 0.3) is 0 Å². The zero-order valence-electron chi connectivity index (χ0n) is 24.9. The van der Waals surface area contributed by atoms with Crippen molar-refractivity contribution >= 4 is 39.0 Å². The number of carbonyl (C=O) groups excluding carboxylic acids is 1. The van der Waals surface area contributed by atoms with Crippen LogP contribution in [-0.2, 0) is 11.4 Å². The number of hydrogen-bond donors (Lipinski definition) is 1. The van der Waals surface area contributed by atoms with Crippen molar-refractivity contribution in [2.45, 2.75) is 38.3 Å². The zero-order chi connectivity index (χ0) is 30.0. The molecule has 9 nitrogen and oxygen atoms in total. The summed E-state index contributed by atoms with van der Waals surface area (Å²) in [5.41, 5.74) is 8.58. The van der Waals surface area contributed by atoms with Crippen molar-refractivity contribution < 1.29 is 19.0 Å². The van der Waals surface area contributed by atoms with E-state index in [1.54, 1.807) is 31.9 Å². The Morgan fingerprint density at radius 2 is 1.82 bits per heavy atom. The molecule has 4 heterocycles. The molecule has 2 aliphatic heterocycles. The number of thiophene rings is 1. The van der Waals surface area contributed by atoms with Crippen molar-refractivity contribution in [2.75, 3.05) is 32.2 Å². The van der Waals surface area contributed by atoms with Crippen LogP contribution in [0.3, 0.4) is 0 Å². The SMILES string of the molecule is COc1ccccc1COc1cc(C2=C3CC=CC[C@H]3C(=O)N(C3CCN(c4ncnc5ccsc45)CC3)N2)ccc1OC. The molecule has 0 spiro atoms. The lowest BCUT2D eigenvalue weighted by atomic mass is 9.83. The quantitative estimate of drug-likeness (QED) is 0.244. The summed E-state index contributed by atoms with van der Waals surface area (Å²) in [4.78, 5) is 25.3. The van der Waals surface area contributed by atoms with E-state index in [2.05, 4.69) is 37.8 Å². The van der Waals surface area contributed by atoms with Crippen molar-refractivity contribution in [3.8, 4) is 17.2 Å². The van der Waals surface area contributed by atoms with Gasteiger partial charge in [-0.15, -0.1) is 11.3 Å². The third-order valence-corrected chi connectivity index (χ3v) is 9.67. The Kier molecular flexibility index (Phi) is 7.82. The van der Waals surface area contributed by atoms with E-state index in [1.165, 1.54) is 0 Å². The summed E-state index contributed by atoms with van der Waals surface area (Å²) in [5, 5.41) is 3.96. The van der Waals surface area contributed by atoms with Gasteiger partial charge in [-0.25, -0.2) is 9.97 Å². The molecular weight excluding hydrogens is 574 g/mol. The maximum atomic E-state index is 13.9. The Balaban J connectivity index is 1.14. The Morgan fingerprint density at radius 1 is 0.977 bits per heavy atom. The van der Waals surface area contributed by atoms with E-state index >= 15 is 0 Å². The van der Waals surface area contributed by atoms with Gasteiger partial charge in [-0.05, 0) is 67.0 Å². The van der Waals surface area contributed by atoms with E-state index in [0.717, 1.165) is 76.5 Å². The number of methoxy groups -OCH3 is 2. The molecule has 1 amide bonds. The van der Waals surface area contributed by atoms with Gasteiger partial charge in [0.15, 0.2) is 11.5 Å². The van der Waals surface area contributed by atoms with E-state index in [-0.39, 0.29) is 17.9 Å². The van der Waals surface area contributed by atoms with E-state index < -0.39 is 0 Å². The maximum absolute atomic E-state index is 13.9. The van der Waals surface area contributed by atoms with Crippen LogP contribution in [-0.4, -0.2) is 54.2 Å². The summed E-state index contributed by atoms with van der Waals surface area (Å²) in [6.45, 7) is 1.97. The van der Waals surface area contributed by atoms with Crippen LogP contribution >= 0.6 is 11.3 Å². The average Bonchev–Trinajstić information content (AvgIpc) is 3.57. The maximum Gasteiger partial charge on any atom is 0.248 e. The summed E-state index contributed by atoms with van der Waals surface area (Å²) in [6, 6.07) is 15.9. The first-order valence-corrected chi connectivity index (χ1v) is 15.9. The van der Waals surface area contributed by atoms with Gasteiger partial charge in [-0.3, -0.25) is 15.2 Å². The number of para-hydroxylation sites is 1. The average molecular weight is 610 g/mol. The lowest BCUT2D eigenvalue weighted by Crippen LogP contribution is -2.57. The van der Waals surface area contributed by atoms with Gasteiger partial charge in [0.1, 0.15) is 24.5 Å². The van der Waals surface area contributed by atoms with Gasteiger partial charge in [-0.2, -0.15) is 0 Å². The zero-order valence-corrected chi connectivity index (χ0v) is 25.7. The van der Waals surface area contributed by atoms with Crippen molar-refractivity contribution in [3.05, 3.63) is 89.1 Å². The molecule has 0 radical (unpaired) electrons. The van der Waals surface area contributed by atoms with Crippen LogP contribution in [0.15, 0.2) is 78.0 Å². The predicted octanol–water partition coefficient (Wildman–Crippen LogP) is 5.98. The minimum Gasteiger partial charge on any atom is -0.496 e. The fourth-order valence-corrected chi connectivity index (χ4v) is 7.31. The number of benzene rings is 2. The third-order valence-electron chi connectivity index (χ3n) is 8.77. The Morgan fingerprint density at radius 3 is 2.66 bits per heavy atom. The van der Waals surface area contributed by atoms with E-state index in [4.69, 9.17) is 14.2 Å². The number of anilines is 1. The Labute approximate surface area is 260 Å². The molecule has 1 saturated heterocycles. The van der Waals surface area contributed by atoms with Crippen LogP contribution in [0.2, 0.25) is 0 Å². The summed E-state index contributed by atoms with van der Waals surface area (Å²) in [7, 11) is 3.30. The van der Waals surface area contributed by atoms with Crippen LogP contribution < -0.4 is 24.5 Å². The van der Waals surface area contributed by atoms with Gasteiger partial charge in [0.05, 0.1) is 42.1 Å². The van der Waals surface area contributed by atoms with E-state index in [1.807, 2.05) is 53.5 Å². The molecule has 1 aliphatic carbocycles. The first-order chi connectivity index (χ1) is 21.6. The molecule has 0 unspecified atom stereocenters. The molecule has 4 aromatic rings. The van der Waals surface area contributed by atoms with E-state index in [0.29, 0.717) is 24.5 Å². The fraction of sp³-hybridized carbons (Fsp3) is 0.324. The number of nitrogens with zero attached hydrogens (tertiary/aromatic N) is 4. The minimum absolute atomic E-state index is 0.0707. The molecule has 1 N–H and O–H groups in total. The summed E-state index contributed by atoms with van der Waals surface area (Å²) >= 11 is 1.67. The second-order valence-corrected chi connectivity index (χ2v) is 12.1. The van der Waals surface area contributed by atoms with Crippen LogP contribution in [0, 0.1) is 5.92 Å². The molecule has 1 atom stereocenters. The summed E-state index contributed by atoms with van der Waals surface area (Å²) < 4.78 is 18.6. The van der Waals surface area contributed by atoms with Crippen molar-refractivity contribution in [2.24, 2.45) is 5.92 Å². The normalized spacial score (nSPS) is 18.8.